The van der Waals surface area contributed by atoms with E-state index in [4.69, 9.17) is 28.4 Å². The van der Waals surface area contributed by atoms with Crippen LogP contribution in [0.15, 0.2) is 0 Å². The fourth-order valence-corrected chi connectivity index (χ4v) is 21.0. The van der Waals surface area contributed by atoms with Crippen LogP contribution in [0.5, 0.6) is 0 Å². The highest BCUT2D eigenvalue weighted by molar-refractivity contribution is 5.24. The van der Waals surface area contributed by atoms with E-state index in [2.05, 4.69) is 125 Å². The Balaban J connectivity index is 0.000000108. The summed E-state index contributed by atoms with van der Waals surface area (Å²) in [6, 6.07) is 0. The van der Waals surface area contributed by atoms with Gasteiger partial charge in [0.25, 0.3) is 0 Å². The Morgan fingerprint density at radius 1 is 0.300 bits per heavy atom. The Morgan fingerprint density at radius 2 is 0.533 bits per heavy atom. The molecule has 0 aromatic heterocycles. The molecule has 60 heavy (non-hydrogen) atoms. The minimum absolute atomic E-state index is 0.0810. The van der Waals surface area contributed by atoms with E-state index in [0.717, 1.165) is 35.5 Å². The third-order valence-corrected chi connectivity index (χ3v) is 23.2. The molecule has 3 spiro atoms. The van der Waals surface area contributed by atoms with E-state index < -0.39 is 17.4 Å². The van der Waals surface area contributed by atoms with Gasteiger partial charge in [-0.2, -0.15) is 0 Å². The summed E-state index contributed by atoms with van der Waals surface area (Å²) >= 11 is 0. The molecule has 12 fully saturated rings. The Kier molecular flexibility index (Phi) is 9.02. The summed E-state index contributed by atoms with van der Waals surface area (Å²) in [6.07, 6.45) is 17.1. The van der Waals surface area contributed by atoms with Gasteiger partial charge in [-0.15, -0.1) is 0 Å². The van der Waals surface area contributed by atoms with E-state index in [-0.39, 0.29) is 16.8 Å². The maximum Gasteiger partial charge on any atom is 0.164 e. The molecule has 12 aliphatic rings. The van der Waals surface area contributed by atoms with Gasteiger partial charge in [0.1, 0.15) is 0 Å². The highest BCUT2D eigenvalue weighted by atomic mass is 16.8. The fourth-order valence-electron chi connectivity index (χ4n) is 21.0. The molecule has 3 aliphatic heterocycles. The topological polar surface area (TPSA) is 55.4 Å². The molecule has 0 aromatic rings. The molecule has 0 amide bonds. The molecule has 6 heteroatoms. The van der Waals surface area contributed by atoms with Crippen LogP contribution in [-0.4, -0.2) is 52.5 Å². The average molecular weight is 835 g/mol. The van der Waals surface area contributed by atoms with Crippen molar-refractivity contribution in [1.29, 1.82) is 0 Å². The number of fused-ring (bicyclic) bond motifs is 9. The first-order valence-electron chi connectivity index (χ1n) is 25.5. The second kappa shape index (κ2) is 12.4. The number of hydrogen-bond acceptors (Lipinski definition) is 6. The van der Waals surface area contributed by atoms with Crippen LogP contribution < -0.4 is 0 Å². The standard InChI is InChI=1S/3C18H30O2/c3*1-11-7-8-12-15(2,3)13-9-18(11,12)10-14-17(13,6)20-16(4,5)19-14/h3*11-14H,7-10H2,1-6H3/t11-,12-,13+,14?,17+,18+;11-,12-,13+,14+,17-,18+;11-,12-,13+,14-,17-,18+/m000/s1. The predicted octanol–water partition coefficient (Wildman–Crippen LogP) is 13.1. The Bertz CT molecular complexity index is 1560. The lowest BCUT2D eigenvalue weighted by Gasteiger charge is -2.47. The molecule has 9 aliphatic carbocycles. The highest BCUT2D eigenvalue weighted by Crippen LogP contribution is 2.78. The molecule has 3 saturated heterocycles. The predicted molar refractivity (Wildman–Crippen MR) is 238 cm³/mol. The minimum Gasteiger partial charge on any atom is -0.344 e. The van der Waals surface area contributed by atoms with Gasteiger partial charge in [0, 0.05) is 0 Å². The Labute approximate surface area is 367 Å². The van der Waals surface area contributed by atoms with Crippen molar-refractivity contribution in [2.75, 3.05) is 0 Å². The van der Waals surface area contributed by atoms with Crippen LogP contribution in [0, 0.1) is 85.8 Å². The highest BCUT2D eigenvalue weighted by Gasteiger charge is 2.77. The quantitative estimate of drug-likeness (QED) is 0.242. The van der Waals surface area contributed by atoms with Gasteiger partial charge in [-0.1, -0.05) is 62.3 Å². The monoisotopic (exact) mass is 835 g/mol. The lowest BCUT2D eigenvalue weighted by atomic mass is 9.63. The summed E-state index contributed by atoms with van der Waals surface area (Å²) in [5, 5.41) is 0. The van der Waals surface area contributed by atoms with Crippen LogP contribution in [0.4, 0.5) is 0 Å². The molecule has 0 aromatic carbocycles. The van der Waals surface area contributed by atoms with E-state index in [1.165, 1.54) is 77.0 Å². The SMILES string of the molecule is C[C@H]1CC[C@H]2C(C)(C)[C@H]3C[C@@]12CC1OC(C)(C)O[C@@]13C.C[C@H]1CC[C@H]2C(C)(C)[C@H]3C[C@@]12C[C@@H]1OC(C)(C)O[C@]13C.C[C@H]1CC[C@H]2C(C)(C)[C@H]3C[C@@]12C[C@H]1OC(C)(C)O[C@@]31C. The van der Waals surface area contributed by atoms with Crippen molar-refractivity contribution in [2.24, 2.45) is 85.8 Å². The van der Waals surface area contributed by atoms with Gasteiger partial charge >= 0.3 is 0 Å². The first-order valence-corrected chi connectivity index (χ1v) is 25.5. The van der Waals surface area contributed by atoms with Gasteiger partial charge in [0.2, 0.25) is 0 Å². The van der Waals surface area contributed by atoms with Crippen LogP contribution >= 0.6 is 0 Å². The van der Waals surface area contributed by atoms with Crippen molar-refractivity contribution < 1.29 is 28.4 Å². The zero-order valence-corrected chi connectivity index (χ0v) is 41.9. The number of hydrogen-bond donors (Lipinski definition) is 0. The molecule has 6 nitrogen and oxygen atoms in total. The number of ether oxygens (including phenoxy) is 6. The molecular weight excluding hydrogens is 745 g/mol. The summed E-state index contributed by atoms with van der Waals surface area (Å²) < 4.78 is 38.5. The maximum atomic E-state index is 6.48. The summed E-state index contributed by atoms with van der Waals surface area (Å²) in [4.78, 5) is 0. The van der Waals surface area contributed by atoms with E-state index in [9.17, 15) is 0 Å². The zero-order chi connectivity index (χ0) is 43.7. The normalized spacial score (nSPS) is 58.5. The lowest BCUT2D eigenvalue weighted by molar-refractivity contribution is -0.177. The van der Waals surface area contributed by atoms with Gasteiger partial charge in [-0.25, -0.2) is 0 Å². The summed E-state index contributed by atoms with van der Waals surface area (Å²) in [7, 11) is 0. The molecule has 342 valence electrons. The zero-order valence-electron chi connectivity index (χ0n) is 41.9. The first kappa shape index (κ1) is 43.6. The molecule has 6 bridgehead atoms. The van der Waals surface area contributed by atoms with E-state index in [0.29, 0.717) is 68.6 Å². The molecule has 0 N–H and O–H groups in total. The maximum absolute atomic E-state index is 6.48. The van der Waals surface area contributed by atoms with Crippen LogP contribution in [0.3, 0.4) is 0 Å². The van der Waals surface area contributed by atoms with Crippen molar-refractivity contribution in [1.82, 2.24) is 0 Å². The average Bonchev–Trinajstić information content (AvgIpc) is 3.94. The van der Waals surface area contributed by atoms with Crippen molar-refractivity contribution in [2.45, 2.75) is 254 Å². The number of rotatable bonds is 0. The molecule has 1 unspecified atom stereocenters. The van der Waals surface area contributed by atoms with Crippen molar-refractivity contribution in [3.63, 3.8) is 0 Å². The van der Waals surface area contributed by atoms with Gasteiger partial charge in [-0.05, 0) is 225 Å². The third kappa shape index (κ3) is 5.39. The van der Waals surface area contributed by atoms with Gasteiger partial charge < -0.3 is 28.4 Å². The van der Waals surface area contributed by atoms with Crippen LogP contribution in [-0.2, 0) is 28.4 Å². The van der Waals surface area contributed by atoms with Gasteiger partial charge in [-0.3, -0.25) is 0 Å². The van der Waals surface area contributed by atoms with Crippen molar-refractivity contribution in [3.8, 4) is 0 Å². The smallest absolute Gasteiger partial charge is 0.164 e. The van der Waals surface area contributed by atoms with Crippen molar-refractivity contribution >= 4 is 0 Å². The van der Waals surface area contributed by atoms with E-state index in [1.807, 2.05) is 0 Å². The summed E-state index contributed by atoms with van der Waals surface area (Å²) in [5.74, 6) is 5.87. The molecular formula is C54H90O6. The summed E-state index contributed by atoms with van der Waals surface area (Å²) in [5.41, 5.74) is 2.51. The molecule has 3 heterocycles. The van der Waals surface area contributed by atoms with E-state index in [1.54, 1.807) is 0 Å². The fraction of sp³-hybridized carbons (Fsp3) is 1.00. The Morgan fingerprint density at radius 3 is 0.767 bits per heavy atom. The Hall–Kier alpha value is -0.240. The second-order valence-electron chi connectivity index (χ2n) is 28.0. The minimum atomic E-state index is -0.409. The van der Waals surface area contributed by atoms with Gasteiger partial charge in [0.05, 0.1) is 35.1 Å². The third-order valence-electron chi connectivity index (χ3n) is 23.2. The first-order chi connectivity index (χ1) is 27.4. The second-order valence-corrected chi connectivity index (χ2v) is 28.0. The summed E-state index contributed by atoms with van der Waals surface area (Å²) in [6.45, 7) is 42.0. The largest absolute Gasteiger partial charge is 0.344 e. The molecule has 12 rings (SSSR count). The van der Waals surface area contributed by atoms with Crippen LogP contribution in [0.1, 0.15) is 202 Å². The molecule has 0 radical (unpaired) electrons. The van der Waals surface area contributed by atoms with Crippen LogP contribution in [0.25, 0.3) is 0 Å². The van der Waals surface area contributed by atoms with Crippen molar-refractivity contribution in [3.05, 3.63) is 0 Å². The van der Waals surface area contributed by atoms with Crippen LogP contribution in [0.2, 0.25) is 0 Å². The molecule has 9 saturated carbocycles. The lowest BCUT2D eigenvalue weighted by Crippen LogP contribution is -2.52. The van der Waals surface area contributed by atoms with Gasteiger partial charge in [0.15, 0.2) is 17.4 Å². The molecule has 18 atom stereocenters. The van der Waals surface area contributed by atoms with E-state index >= 15 is 0 Å².